The van der Waals surface area contributed by atoms with Crippen LogP contribution in [0.2, 0.25) is 0 Å². The van der Waals surface area contributed by atoms with Crippen molar-refractivity contribution in [1.82, 2.24) is 15.5 Å². The molecule has 1 aromatic rings. The molecule has 148 valence electrons. The second-order valence-electron chi connectivity index (χ2n) is 7.48. The van der Waals surface area contributed by atoms with Crippen LogP contribution in [0.4, 0.5) is 4.79 Å². The highest BCUT2D eigenvalue weighted by Crippen LogP contribution is 2.19. The summed E-state index contributed by atoms with van der Waals surface area (Å²) in [7, 11) is 0. The van der Waals surface area contributed by atoms with E-state index in [0.717, 1.165) is 31.4 Å². The van der Waals surface area contributed by atoms with Crippen molar-refractivity contribution in [3.8, 4) is 5.75 Å². The lowest BCUT2D eigenvalue weighted by Crippen LogP contribution is -2.51. The Morgan fingerprint density at radius 1 is 1.04 bits per heavy atom. The van der Waals surface area contributed by atoms with E-state index >= 15 is 0 Å². The van der Waals surface area contributed by atoms with Crippen LogP contribution in [0.25, 0.3) is 0 Å². The highest BCUT2D eigenvalue weighted by Gasteiger charge is 2.25. The molecular formula is C21H31N3O3. The van der Waals surface area contributed by atoms with Crippen molar-refractivity contribution in [3.05, 3.63) is 29.8 Å². The van der Waals surface area contributed by atoms with E-state index in [-0.39, 0.29) is 18.0 Å². The predicted molar refractivity (Wildman–Crippen MR) is 105 cm³/mol. The maximum Gasteiger partial charge on any atom is 0.315 e. The number of carbonyl (C=O) groups excluding carboxylic acids is 2. The topological polar surface area (TPSA) is 70.7 Å². The average molecular weight is 373 g/mol. The number of amides is 3. The van der Waals surface area contributed by atoms with Gasteiger partial charge in [0.05, 0.1) is 6.61 Å². The lowest BCUT2D eigenvalue weighted by Gasteiger charge is -2.33. The van der Waals surface area contributed by atoms with E-state index in [0.29, 0.717) is 31.3 Å². The molecule has 3 amide bonds. The van der Waals surface area contributed by atoms with Crippen LogP contribution in [0.1, 0.15) is 62.2 Å². The van der Waals surface area contributed by atoms with E-state index in [2.05, 4.69) is 10.6 Å². The van der Waals surface area contributed by atoms with Gasteiger partial charge in [0.25, 0.3) is 5.91 Å². The molecule has 2 fully saturated rings. The second-order valence-corrected chi connectivity index (χ2v) is 7.48. The minimum Gasteiger partial charge on any atom is -0.494 e. The predicted octanol–water partition coefficient (Wildman–Crippen LogP) is 3.32. The molecule has 6 heteroatoms. The van der Waals surface area contributed by atoms with E-state index < -0.39 is 0 Å². The summed E-state index contributed by atoms with van der Waals surface area (Å²) in [6, 6.07) is 7.73. The summed E-state index contributed by atoms with van der Waals surface area (Å²) in [5.41, 5.74) is 0.655. The van der Waals surface area contributed by atoms with Crippen LogP contribution in [0.3, 0.4) is 0 Å². The Balaban J connectivity index is 1.44. The Labute approximate surface area is 161 Å². The highest BCUT2D eigenvalue weighted by atomic mass is 16.5. The Morgan fingerprint density at radius 2 is 1.70 bits per heavy atom. The van der Waals surface area contributed by atoms with E-state index in [1.165, 1.54) is 19.3 Å². The van der Waals surface area contributed by atoms with Gasteiger partial charge in [0.15, 0.2) is 0 Å². The fraction of sp³-hybridized carbons (Fsp3) is 0.619. The standard InChI is InChI=1S/C21H31N3O3/c1-2-27-19-10-6-7-16(15-19)20(25)24-13-11-18(12-14-24)23-21(26)22-17-8-4-3-5-9-17/h6-7,10,15,17-18H,2-5,8-9,11-14H2,1H3,(H2,22,23,26). The first-order valence-corrected chi connectivity index (χ1v) is 10.2. The monoisotopic (exact) mass is 373 g/mol. The number of likely N-dealkylation sites (tertiary alicyclic amines) is 1. The van der Waals surface area contributed by atoms with Crippen molar-refractivity contribution in [2.75, 3.05) is 19.7 Å². The zero-order valence-electron chi connectivity index (χ0n) is 16.2. The molecule has 1 saturated heterocycles. The average Bonchev–Trinajstić information content (AvgIpc) is 2.69. The third kappa shape index (κ3) is 5.62. The van der Waals surface area contributed by atoms with Crippen molar-refractivity contribution in [1.29, 1.82) is 0 Å². The van der Waals surface area contributed by atoms with Gasteiger partial charge in [-0.2, -0.15) is 0 Å². The van der Waals surface area contributed by atoms with Gasteiger partial charge >= 0.3 is 6.03 Å². The number of urea groups is 1. The summed E-state index contributed by atoms with van der Waals surface area (Å²) in [5, 5.41) is 6.18. The first-order chi connectivity index (χ1) is 13.2. The molecule has 0 spiro atoms. The molecule has 1 heterocycles. The fourth-order valence-electron chi connectivity index (χ4n) is 3.95. The number of rotatable bonds is 5. The Morgan fingerprint density at radius 3 is 2.37 bits per heavy atom. The molecule has 1 aliphatic heterocycles. The minimum atomic E-state index is -0.0592. The van der Waals surface area contributed by atoms with Gasteiger partial charge in [-0.3, -0.25) is 4.79 Å². The first kappa shape index (κ1) is 19.5. The molecular weight excluding hydrogens is 342 g/mol. The third-order valence-electron chi connectivity index (χ3n) is 5.45. The minimum absolute atomic E-state index is 0.0293. The van der Waals surface area contributed by atoms with Crippen LogP contribution in [0.15, 0.2) is 24.3 Å². The number of carbonyl (C=O) groups is 2. The quantitative estimate of drug-likeness (QED) is 0.832. The number of nitrogens with zero attached hydrogens (tertiary/aromatic N) is 1. The van der Waals surface area contributed by atoms with Crippen molar-refractivity contribution in [2.24, 2.45) is 0 Å². The molecule has 1 saturated carbocycles. The lowest BCUT2D eigenvalue weighted by atomic mass is 9.96. The van der Waals surface area contributed by atoms with Crippen LogP contribution in [0, 0.1) is 0 Å². The number of ether oxygens (including phenoxy) is 1. The maximum absolute atomic E-state index is 12.7. The number of nitrogens with one attached hydrogen (secondary N) is 2. The van der Waals surface area contributed by atoms with E-state index in [1.54, 1.807) is 6.07 Å². The molecule has 0 atom stereocenters. The molecule has 1 aromatic carbocycles. The van der Waals surface area contributed by atoms with Gasteiger partial charge in [-0.25, -0.2) is 4.79 Å². The number of benzene rings is 1. The van der Waals surface area contributed by atoms with Gasteiger partial charge in [0.2, 0.25) is 0 Å². The molecule has 3 rings (SSSR count). The Bertz CT molecular complexity index is 635. The summed E-state index contributed by atoms with van der Waals surface area (Å²) in [5.74, 6) is 0.751. The summed E-state index contributed by atoms with van der Waals surface area (Å²) in [4.78, 5) is 26.8. The van der Waals surface area contributed by atoms with Gasteiger partial charge in [0.1, 0.15) is 5.75 Å². The van der Waals surface area contributed by atoms with Crippen molar-refractivity contribution < 1.29 is 14.3 Å². The Kier molecular flexibility index (Phi) is 6.96. The van der Waals surface area contributed by atoms with Crippen molar-refractivity contribution in [2.45, 2.75) is 64.0 Å². The summed E-state index contributed by atoms with van der Waals surface area (Å²) < 4.78 is 5.48. The largest absolute Gasteiger partial charge is 0.494 e. The van der Waals surface area contributed by atoms with Gasteiger partial charge in [-0.05, 0) is 50.8 Å². The molecule has 0 unspecified atom stereocenters. The summed E-state index contributed by atoms with van der Waals surface area (Å²) in [6.07, 6.45) is 7.43. The number of hydrogen-bond acceptors (Lipinski definition) is 3. The molecule has 2 aliphatic rings. The van der Waals surface area contributed by atoms with Gasteiger partial charge in [0, 0.05) is 30.7 Å². The normalized spacial score (nSPS) is 18.8. The summed E-state index contributed by atoms with van der Waals surface area (Å²) >= 11 is 0. The fourth-order valence-corrected chi connectivity index (χ4v) is 3.95. The number of hydrogen-bond donors (Lipinski definition) is 2. The Hall–Kier alpha value is -2.24. The molecule has 27 heavy (non-hydrogen) atoms. The molecule has 1 aliphatic carbocycles. The second kappa shape index (κ2) is 9.62. The zero-order chi connectivity index (χ0) is 19.1. The SMILES string of the molecule is CCOc1cccc(C(=O)N2CCC(NC(=O)NC3CCCCC3)CC2)c1. The van der Waals surface area contributed by atoms with E-state index in [4.69, 9.17) is 4.74 Å². The molecule has 2 N–H and O–H groups in total. The highest BCUT2D eigenvalue weighted by molar-refractivity contribution is 5.94. The third-order valence-corrected chi connectivity index (χ3v) is 5.45. The maximum atomic E-state index is 12.7. The molecule has 0 aromatic heterocycles. The van der Waals surface area contributed by atoms with Crippen LogP contribution < -0.4 is 15.4 Å². The van der Waals surface area contributed by atoms with Crippen LogP contribution in [0.5, 0.6) is 5.75 Å². The van der Waals surface area contributed by atoms with E-state index in [1.807, 2.05) is 30.0 Å². The molecule has 6 nitrogen and oxygen atoms in total. The zero-order valence-corrected chi connectivity index (χ0v) is 16.2. The van der Waals surface area contributed by atoms with Gasteiger partial charge < -0.3 is 20.3 Å². The summed E-state index contributed by atoms with van der Waals surface area (Å²) in [6.45, 7) is 3.83. The molecule has 0 radical (unpaired) electrons. The smallest absolute Gasteiger partial charge is 0.315 e. The van der Waals surface area contributed by atoms with Gasteiger partial charge in [-0.15, -0.1) is 0 Å². The van der Waals surface area contributed by atoms with Gasteiger partial charge in [-0.1, -0.05) is 25.3 Å². The first-order valence-electron chi connectivity index (χ1n) is 10.2. The number of piperidine rings is 1. The lowest BCUT2D eigenvalue weighted by molar-refractivity contribution is 0.0707. The van der Waals surface area contributed by atoms with Crippen LogP contribution in [-0.2, 0) is 0 Å². The van der Waals surface area contributed by atoms with Crippen LogP contribution in [-0.4, -0.2) is 48.6 Å². The van der Waals surface area contributed by atoms with Crippen molar-refractivity contribution in [3.63, 3.8) is 0 Å². The van der Waals surface area contributed by atoms with E-state index in [9.17, 15) is 9.59 Å². The molecule has 0 bridgehead atoms. The van der Waals surface area contributed by atoms with Crippen molar-refractivity contribution >= 4 is 11.9 Å². The van der Waals surface area contributed by atoms with Crippen LogP contribution >= 0.6 is 0 Å².